The summed E-state index contributed by atoms with van der Waals surface area (Å²) in [5.74, 6) is 0. The molecule has 1 amide bonds. The van der Waals surface area contributed by atoms with Crippen LogP contribution >= 0.6 is 0 Å². The summed E-state index contributed by atoms with van der Waals surface area (Å²) in [6.07, 6.45) is -5.54. The molecule has 2 N–H and O–H groups in total. The highest BCUT2D eigenvalue weighted by Crippen LogP contribution is 2.28. The average molecular weight is 256 g/mol. The van der Waals surface area contributed by atoms with Gasteiger partial charge in [0.1, 0.15) is 6.04 Å². The lowest BCUT2D eigenvalue weighted by atomic mass is 10.1. The van der Waals surface area contributed by atoms with E-state index in [1.54, 1.807) is 0 Å². The first-order valence-corrected chi connectivity index (χ1v) is 5.25. The molecule has 0 radical (unpaired) electrons. The smallest absolute Gasteiger partial charge is 0.407 e. The Balaban J connectivity index is 2.69. The third-order valence-electron chi connectivity index (χ3n) is 2.74. The quantitative estimate of drug-likeness (QED) is 0.776. The summed E-state index contributed by atoms with van der Waals surface area (Å²) < 4.78 is 38.2. The van der Waals surface area contributed by atoms with Crippen molar-refractivity contribution in [3.8, 4) is 0 Å². The summed E-state index contributed by atoms with van der Waals surface area (Å²) in [5.41, 5.74) is 0. The van der Waals surface area contributed by atoms with Crippen LogP contribution in [0.2, 0.25) is 0 Å². The van der Waals surface area contributed by atoms with Gasteiger partial charge in [-0.25, -0.2) is 4.79 Å². The second-order valence-corrected chi connectivity index (χ2v) is 3.90. The summed E-state index contributed by atoms with van der Waals surface area (Å²) in [6, 6.07) is -1.78. The van der Waals surface area contributed by atoms with E-state index in [1.165, 1.54) is 4.90 Å². The molecule has 1 heterocycles. The van der Waals surface area contributed by atoms with Crippen LogP contribution in [0.5, 0.6) is 0 Å². The third-order valence-corrected chi connectivity index (χ3v) is 2.74. The fourth-order valence-electron chi connectivity index (χ4n) is 1.85. The molecule has 8 heteroatoms. The van der Waals surface area contributed by atoms with Crippen LogP contribution in [-0.2, 0) is 0 Å². The first-order chi connectivity index (χ1) is 7.86. The van der Waals surface area contributed by atoms with Gasteiger partial charge in [0.15, 0.2) is 0 Å². The summed E-state index contributed by atoms with van der Waals surface area (Å²) >= 11 is 0. The lowest BCUT2D eigenvalue weighted by Crippen LogP contribution is -2.60. The second-order valence-electron chi connectivity index (χ2n) is 3.90. The topological polar surface area (TPSA) is 64.0 Å². The lowest BCUT2D eigenvalue weighted by Gasteiger charge is -2.40. The Labute approximate surface area is 96.4 Å². The number of nitrogens with zero attached hydrogens (tertiary/aromatic N) is 2. The van der Waals surface area contributed by atoms with Gasteiger partial charge in [0.25, 0.3) is 0 Å². The zero-order valence-electron chi connectivity index (χ0n) is 9.15. The Kier molecular flexibility index (Phi) is 4.58. The molecule has 0 saturated carbocycles. The highest BCUT2D eigenvalue weighted by Gasteiger charge is 2.46. The van der Waals surface area contributed by atoms with Crippen LogP contribution in [-0.4, -0.2) is 71.1 Å². The van der Waals surface area contributed by atoms with Crippen LogP contribution in [0.15, 0.2) is 0 Å². The number of rotatable bonds is 3. The van der Waals surface area contributed by atoms with E-state index in [2.05, 4.69) is 0 Å². The molecule has 1 saturated heterocycles. The standard InChI is InChI=1S/C9H15F3N2O3/c10-9(11,12)7-6-14(8(16)17)4-3-13(7)2-1-5-15/h7,15H,1-6H2,(H,16,17). The number of carbonyl (C=O) groups is 1. The Morgan fingerprint density at radius 2 is 2.00 bits per heavy atom. The molecule has 0 aromatic carbocycles. The predicted molar refractivity (Wildman–Crippen MR) is 52.7 cm³/mol. The Morgan fingerprint density at radius 3 is 2.47 bits per heavy atom. The van der Waals surface area contributed by atoms with Gasteiger partial charge in [0, 0.05) is 32.8 Å². The molecule has 0 spiro atoms. The highest BCUT2D eigenvalue weighted by molar-refractivity contribution is 5.65. The van der Waals surface area contributed by atoms with E-state index in [-0.39, 0.29) is 32.7 Å². The van der Waals surface area contributed by atoms with E-state index in [9.17, 15) is 18.0 Å². The minimum Gasteiger partial charge on any atom is -0.465 e. The van der Waals surface area contributed by atoms with Gasteiger partial charge in [-0.3, -0.25) is 4.90 Å². The maximum atomic E-state index is 12.7. The molecule has 1 aliphatic heterocycles. The molecule has 1 fully saturated rings. The van der Waals surface area contributed by atoms with Crippen molar-refractivity contribution in [3.63, 3.8) is 0 Å². The maximum absolute atomic E-state index is 12.7. The van der Waals surface area contributed by atoms with Gasteiger partial charge in [-0.2, -0.15) is 13.2 Å². The molecule has 0 bridgehead atoms. The van der Waals surface area contributed by atoms with Gasteiger partial charge < -0.3 is 15.1 Å². The molecule has 17 heavy (non-hydrogen) atoms. The predicted octanol–water partition coefficient (Wildman–Crippen LogP) is 0.595. The van der Waals surface area contributed by atoms with Crippen LogP contribution in [0.1, 0.15) is 6.42 Å². The number of carboxylic acid groups (broad SMARTS) is 1. The first-order valence-electron chi connectivity index (χ1n) is 5.25. The molecule has 5 nitrogen and oxygen atoms in total. The first kappa shape index (κ1) is 14.0. The molecule has 0 aromatic heterocycles. The molecular formula is C9H15F3N2O3. The van der Waals surface area contributed by atoms with Gasteiger partial charge in [-0.1, -0.05) is 0 Å². The zero-order valence-corrected chi connectivity index (χ0v) is 9.15. The number of hydrogen-bond donors (Lipinski definition) is 2. The molecule has 1 atom stereocenters. The molecule has 1 unspecified atom stereocenters. The van der Waals surface area contributed by atoms with Gasteiger partial charge in [-0.05, 0) is 6.42 Å². The molecule has 0 aliphatic carbocycles. The van der Waals surface area contributed by atoms with Gasteiger partial charge in [0.2, 0.25) is 0 Å². The van der Waals surface area contributed by atoms with E-state index in [0.717, 1.165) is 4.90 Å². The lowest BCUT2D eigenvalue weighted by molar-refractivity contribution is -0.195. The molecule has 1 rings (SSSR count). The van der Waals surface area contributed by atoms with Crippen LogP contribution in [0.4, 0.5) is 18.0 Å². The molecular weight excluding hydrogens is 241 g/mol. The van der Waals surface area contributed by atoms with E-state index in [4.69, 9.17) is 10.2 Å². The number of aliphatic hydroxyl groups excluding tert-OH is 1. The van der Waals surface area contributed by atoms with Crippen molar-refractivity contribution in [1.82, 2.24) is 9.80 Å². The fraction of sp³-hybridized carbons (Fsp3) is 0.889. The summed E-state index contributed by atoms with van der Waals surface area (Å²) in [6.45, 7) is -0.522. The van der Waals surface area contributed by atoms with E-state index < -0.39 is 24.9 Å². The van der Waals surface area contributed by atoms with Gasteiger partial charge in [-0.15, -0.1) is 0 Å². The maximum Gasteiger partial charge on any atom is 0.407 e. The number of aliphatic hydroxyl groups is 1. The normalized spacial score (nSPS) is 22.8. The largest absolute Gasteiger partial charge is 0.465 e. The Bertz CT molecular complexity index is 273. The molecule has 100 valence electrons. The van der Waals surface area contributed by atoms with Crippen LogP contribution < -0.4 is 0 Å². The van der Waals surface area contributed by atoms with E-state index >= 15 is 0 Å². The van der Waals surface area contributed by atoms with Crippen molar-refractivity contribution in [1.29, 1.82) is 0 Å². The average Bonchev–Trinajstić information content (AvgIpc) is 2.24. The number of alkyl halides is 3. The number of hydrogen-bond acceptors (Lipinski definition) is 3. The Morgan fingerprint density at radius 1 is 1.35 bits per heavy atom. The van der Waals surface area contributed by atoms with Crippen molar-refractivity contribution in [2.24, 2.45) is 0 Å². The van der Waals surface area contributed by atoms with Crippen molar-refractivity contribution >= 4 is 6.09 Å². The summed E-state index contributed by atoms with van der Waals surface area (Å²) in [4.78, 5) is 12.6. The third kappa shape index (κ3) is 3.74. The monoisotopic (exact) mass is 256 g/mol. The zero-order chi connectivity index (χ0) is 13.1. The Hall–Kier alpha value is -1.02. The summed E-state index contributed by atoms with van der Waals surface area (Å²) in [7, 11) is 0. The minimum atomic E-state index is -4.45. The van der Waals surface area contributed by atoms with E-state index in [0.29, 0.717) is 0 Å². The number of piperazine rings is 1. The minimum absolute atomic E-state index is 0.0382. The van der Waals surface area contributed by atoms with Crippen LogP contribution in [0, 0.1) is 0 Å². The molecule has 0 aromatic rings. The van der Waals surface area contributed by atoms with Gasteiger partial charge in [0.05, 0.1) is 0 Å². The van der Waals surface area contributed by atoms with Crippen molar-refractivity contribution in [2.75, 3.05) is 32.8 Å². The van der Waals surface area contributed by atoms with E-state index in [1.807, 2.05) is 0 Å². The SMILES string of the molecule is O=C(O)N1CCN(CCCO)C(C(F)(F)F)C1. The highest BCUT2D eigenvalue weighted by atomic mass is 19.4. The second kappa shape index (κ2) is 5.54. The van der Waals surface area contributed by atoms with Crippen molar-refractivity contribution in [3.05, 3.63) is 0 Å². The van der Waals surface area contributed by atoms with Crippen molar-refractivity contribution in [2.45, 2.75) is 18.6 Å². The van der Waals surface area contributed by atoms with Crippen LogP contribution in [0.25, 0.3) is 0 Å². The van der Waals surface area contributed by atoms with Crippen LogP contribution in [0.3, 0.4) is 0 Å². The molecule has 1 aliphatic rings. The number of amides is 1. The number of halogens is 3. The van der Waals surface area contributed by atoms with Crippen molar-refractivity contribution < 1.29 is 28.2 Å². The summed E-state index contributed by atoms with van der Waals surface area (Å²) in [5, 5.41) is 17.3. The fourth-order valence-corrected chi connectivity index (χ4v) is 1.85. The van der Waals surface area contributed by atoms with Gasteiger partial charge >= 0.3 is 12.3 Å².